The Morgan fingerprint density at radius 3 is 2.61 bits per heavy atom. The molecule has 2 aromatic heterocycles. The number of anilines is 1. The summed E-state index contributed by atoms with van der Waals surface area (Å²) in [6.45, 7) is 0. The van der Waals surface area contributed by atoms with Gasteiger partial charge in [-0.15, -0.1) is 0 Å². The molecule has 6 nitrogen and oxygen atoms in total. The third kappa shape index (κ3) is 2.06. The molecular weight excluding hydrogens is 251 g/mol. The number of ether oxygens (including phenoxy) is 1. The molecule has 96 valence electrons. The highest BCUT2D eigenvalue weighted by atomic mass is 19.4. The Hall–Kier alpha value is -2.32. The predicted molar refractivity (Wildman–Crippen MR) is 55.1 cm³/mol. The molecule has 0 aromatic carbocycles. The molecule has 0 saturated heterocycles. The Balaban J connectivity index is 2.47. The van der Waals surface area contributed by atoms with Crippen molar-refractivity contribution < 1.29 is 17.9 Å². The van der Waals surface area contributed by atoms with Crippen LogP contribution >= 0.6 is 0 Å². The lowest BCUT2D eigenvalue weighted by Crippen LogP contribution is -2.10. The number of nitrogens with two attached hydrogens (primary N) is 1. The molecule has 0 aliphatic carbocycles. The van der Waals surface area contributed by atoms with Crippen LogP contribution in [0, 0.1) is 0 Å². The summed E-state index contributed by atoms with van der Waals surface area (Å²) in [7, 11) is 1.34. The fourth-order valence-corrected chi connectivity index (χ4v) is 1.31. The van der Waals surface area contributed by atoms with Crippen molar-refractivity contribution in [3.63, 3.8) is 0 Å². The summed E-state index contributed by atoms with van der Waals surface area (Å²) in [5.41, 5.74) is 4.63. The van der Waals surface area contributed by atoms with Gasteiger partial charge in [-0.05, 0) is 6.07 Å². The fraction of sp³-hybridized carbons (Fsp3) is 0.222. The Labute approximate surface area is 99.2 Å². The number of hydrogen-bond acceptors (Lipinski definition) is 5. The topological polar surface area (TPSA) is 78.9 Å². The van der Waals surface area contributed by atoms with Gasteiger partial charge < -0.3 is 10.5 Å². The van der Waals surface area contributed by atoms with Gasteiger partial charge >= 0.3 is 6.18 Å². The van der Waals surface area contributed by atoms with Gasteiger partial charge in [0.1, 0.15) is 12.0 Å². The van der Waals surface area contributed by atoms with Crippen molar-refractivity contribution in [2.24, 2.45) is 0 Å². The lowest BCUT2D eigenvalue weighted by molar-refractivity contribution is -0.141. The standard InChI is InChI=1S/C9H8F3N5O/c1-18-8-6(13)7(14-4-15-8)17-3-2-5(16-17)9(10,11)12/h2-4H,13H2,1H3. The molecule has 0 atom stereocenters. The summed E-state index contributed by atoms with van der Waals surface area (Å²) in [5.74, 6) is 0.0985. The van der Waals surface area contributed by atoms with Crippen LogP contribution in [0.2, 0.25) is 0 Å². The minimum Gasteiger partial charge on any atom is -0.479 e. The maximum Gasteiger partial charge on any atom is 0.435 e. The Bertz CT molecular complexity index is 566. The summed E-state index contributed by atoms with van der Waals surface area (Å²) < 4.78 is 43.0. The van der Waals surface area contributed by atoms with E-state index in [0.717, 1.165) is 23.3 Å². The first-order chi connectivity index (χ1) is 8.43. The third-order valence-electron chi connectivity index (χ3n) is 2.12. The quantitative estimate of drug-likeness (QED) is 0.878. The molecule has 2 N–H and O–H groups in total. The van der Waals surface area contributed by atoms with Crippen LogP contribution in [0.1, 0.15) is 5.69 Å². The molecule has 18 heavy (non-hydrogen) atoms. The fourth-order valence-electron chi connectivity index (χ4n) is 1.31. The number of alkyl halides is 3. The highest BCUT2D eigenvalue weighted by molar-refractivity contribution is 5.59. The van der Waals surface area contributed by atoms with Crippen molar-refractivity contribution in [3.05, 3.63) is 24.3 Å². The van der Waals surface area contributed by atoms with E-state index in [2.05, 4.69) is 15.1 Å². The predicted octanol–water partition coefficient (Wildman–Crippen LogP) is 1.27. The van der Waals surface area contributed by atoms with Crippen LogP contribution in [-0.2, 0) is 6.18 Å². The summed E-state index contributed by atoms with van der Waals surface area (Å²) in [6.07, 6.45) is -2.28. The smallest absolute Gasteiger partial charge is 0.435 e. The lowest BCUT2D eigenvalue weighted by Gasteiger charge is -2.07. The molecule has 0 unspecified atom stereocenters. The Kier molecular flexibility index (Phi) is 2.81. The molecule has 2 aromatic rings. The van der Waals surface area contributed by atoms with Crippen LogP contribution in [0.3, 0.4) is 0 Å². The second-order valence-electron chi connectivity index (χ2n) is 3.26. The Morgan fingerprint density at radius 2 is 2.06 bits per heavy atom. The van der Waals surface area contributed by atoms with Gasteiger partial charge in [0.2, 0.25) is 5.88 Å². The van der Waals surface area contributed by atoms with Gasteiger partial charge in [-0.25, -0.2) is 9.67 Å². The molecule has 0 bridgehead atoms. The molecular formula is C9H8F3N5O. The normalized spacial score (nSPS) is 11.6. The lowest BCUT2D eigenvalue weighted by atomic mass is 10.4. The van der Waals surface area contributed by atoms with E-state index in [1.54, 1.807) is 0 Å². The minimum atomic E-state index is -4.52. The molecule has 9 heteroatoms. The highest BCUT2D eigenvalue weighted by Crippen LogP contribution is 2.29. The molecule has 0 radical (unpaired) electrons. The summed E-state index contributed by atoms with van der Waals surface area (Å²) in [5, 5.41) is 3.35. The van der Waals surface area contributed by atoms with Gasteiger partial charge in [0.15, 0.2) is 11.5 Å². The zero-order valence-corrected chi connectivity index (χ0v) is 9.14. The van der Waals surface area contributed by atoms with Crippen LogP contribution in [0.15, 0.2) is 18.6 Å². The van der Waals surface area contributed by atoms with E-state index < -0.39 is 11.9 Å². The monoisotopic (exact) mass is 259 g/mol. The van der Waals surface area contributed by atoms with Gasteiger partial charge in [0, 0.05) is 6.20 Å². The number of aromatic nitrogens is 4. The highest BCUT2D eigenvalue weighted by Gasteiger charge is 2.33. The van der Waals surface area contributed by atoms with E-state index in [0.29, 0.717) is 0 Å². The number of hydrogen-bond donors (Lipinski definition) is 1. The second-order valence-corrected chi connectivity index (χ2v) is 3.26. The van der Waals surface area contributed by atoms with Crippen molar-refractivity contribution >= 4 is 5.69 Å². The van der Waals surface area contributed by atoms with Crippen LogP contribution in [-0.4, -0.2) is 26.9 Å². The first-order valence-electron chi connectivity index (χ1n) is 4.71. The van der Waals surface area contributed by atoms with E-state index in [1.807, 2.05) is 0 Å². The molecule has 0 saturated carbocycles. The van der Waals surface area contributed by atoms with Crippen LogP contribution in [0.4, 0.5) is 18.9 Å². The maximum atomic E-state index is 12.4. The van der Waals surface area contributed by atoms with Gasteiger partial charge in [-0.1, -0.05) is 0 Å². The summed E-state index contributed by atoms with van der Waals surface area (Å²) >= 11 is 0. The Morgan fingerprint density at radius 1 is 1.33 bits per heavy atom. The number of nitrogens with zero attached hydrogens (tertiary/aromatic N) is 4. The van der Waals surface area contributed by atoms with Gasteiger partial charge in [-0.2, -0.15) is 23.3 Å². The largest absolute Gasteiger partial charge is 0.479 e. The maximum absolute atomic E-state index is 12.4. The van der Waals surface area contributed by atoms with Gasteiger partial charge in [0.05, 0.1) is 7.11 Å². The summed E-state index contributed by atoms with van der Waals surface area (Å²) in [6, 6.07) is 0.827. The van der Waals surface area contributed by atoms with Crippen molar-refractivity contribution in [1.29, 1.82) is 0 Å². The van der Waals surface area contributed by atoms with Gasteiger partial charge in [-0.3, -0.25) is 0 Å². The molecule has 0 spiro atoms. The number of methoxy groups -OCH3 is 1. The second kappa shape index (κ2) is 4.17. The number of halogens is 3. The van der Waals surface area contributed by atoms with Crippen LogP contribution in [0.5, 0.6) is 5.88 Å². The van der Waals surface area contributed by atoms with E-state index in [9.17, 15) is 13.2 Å². The van der Waals surface area contributed by atoms with Crippen molar-refractivity contribution in [3.8, 4) is 11.7 Å². The first-order valence-corrected chi connectivity index (χ1v) is 4.71. The van der Waals surface area contributed by atoms with Crippen molar-refractivity contribution in [1.82, 2.24) is 19.7 Å². The van der Waals surface area contributed by atoms with E-state index in [1.165, 1.54) is 7.11 Å². The summed E-state index contributed by atoms with van der Waals surface area (Å²) in [4.78, 5) is 7.49. The third-order valence-corrected chi connectivity index (χ3v) is 2.12. The van der Waals surface area contributed by atoms with Crippen LogP contribution < -0.4 is 10.5 Å². The van der Waals surface area contributed by atoms with E-state index >= 15 is 0 Å². The average molecular weight is 259 g/mol. The molecule has 0 fully saturated rings. The van der Waals surface area contributed by atoms with Crippen LogP contribution in [0.25, 0.3) is 5.82 Å². The number of rotatable bonds is 2. The van der Waals surface area contributed by atoms with Gasteiger partial charge in [0.25, 0.3) is 0 Å². The first kappa shape index (κ1) is 12.1. The molecule has 2 rings (SSSR count). The molecule has 0 aliphatic heterocycles. The van der Waals surface area contributed by atoms with E-state index in [4.69, 9.17) is 10.5 Å². The molecule has 0 amide bonds. The zero-order valence-electron chi connectivity index (χ0n) is 9.14. The SMILES string of the molecule is COc1ncnc(-n2ccc(C(F)(F)F)n2)c1N. The molecule has 2 heterocycles. The van der Waals surface area contributed by atoms with Crippen molar-refractivity contribution in [2.75, 3.05) is 12.8 Å². The zero-order chi connectivity index (χ0) is 13.3. The van der Waals surface area contributed by atoms with Crippen molar-refractivity contribution in [2.45, 2.75) is 6.18 Å². The molecule has 0 aliphatic rings. The van der Waals surface area contributed by atoms with E-state index in [-0.39, 0.29) is 17.4 Å². The minimum absolute atomic E-state index is 0.0109. The number of nitrogen functional groups attached to an aromatic ring is 1. The average Bonchev–Trinajstić information content (AvgIpc) is 2.78.